The molecule has 23 heavy (non-hydrogen) atoms. The summed E-state index contributed by atoms with van der Waals surface area (Å²) in [5.41, 5.74) is 7.09. The molecular formula is C18H23N3O2. The summed E-state index contributed by atoms with van der Waals surface area (Å²) < 4.78 is 0. The average molecular weight is 313 g/mol. The van der Waals surface area contributed by atoms with Gasteiger partial charge < -0.3 is 10.6 Å². The first kappa shape index (κ1) is 17.1. The van der Waals surface area contributed by atoms with Crippen LogP contribution >= 0.6 is 0 Å². The molecule has 0 saturated heterocycles. The van der Waals surface area contributed by atoms with Crippen LogP contribution in [0.15, 0.2) is 47.6 Å². The van der Waals surface area contributed by atoms with Crippen molar-refractivity contribution in [2.75, 3.05) is 0 Å². The Bertz CT molecular complexity index is 608. The van der Waals surface area contributed by atoms with Crippen LogP contribution in [0.5, 0.6) is 0 Å². The van der Waals surface area contributed by atoms with Gasteiger partial charge in [-0.25, -0.2) is 4.99 Å². The number of benzene rings is 1. The predicted molar refractivity (Wildman–Crippen MR) is 90.8 cm³/mol. The molecule has 0 fully saturated rings. The fraction of sp³-hybridized carbons (Fsp3) is 0.389. The number of rotatable bonds is 5. The van der Waals surface area contributed by atoms with E-state index in [1.54, 1.807) is 12.3 Å². The number of aliphatic imine (C=N–C) groups is 1. The van der Waals surface area contributed by atoms with E-state index in [9.17, 15) is 9.59 Å². The predicted octanol–water partition coefficient (Wildman–Crippen LogP) is 1.92. The van der Waals surface area contributed by atoms with Gasteiger partial charge in [-0.2, -0.15) is 0 Å². The standard InChI is InChI=1S/C18H23N3O2/c1-13(2)11-16-17(22)20-9-6-10-21(16)18(23)15(19)12-14-7-4-3-5-8-14/h3-10,13,15-16H,11-12,19H2,1-2H3/t15-,16-/m0/s1. The Kier molecular flexibility index (Phi) is 5.82. The van der Waals surface area contributed by atoms with E-state index in [2.05, 4.69) is 4.99 Å². The minimum absolute atomic E-state index is 0.255. The Morgan fingerprint density at radius 2 is 2.00 bits per heavy atom. The van der Waals surface area contributed by atoms with Gasteiger partial charge in [-0.3, -0.25) is 9.59 Å². The summed E-state index contributed by atoms with van der Waals surface area (Å²) in [5, 5.41) is 0. The summed E-state index contributed by atoms with van der Waals surface area (Å²) in [4.78, 5) is 30.2. The summed E-state index contributed by atoms with van der Waals surface area (Å²) in [6, 6.07) is 8.34. The van der Waals surface area contributed by atoms with E-state index in [-0.39, 0.29) is 17.7 Å². The van der Waals surface area contributed by atoms with Gasteiger partial charge in [-0.1, -0.05) is 44.2 Å². The monoisotopic (exact) mass is 313 g/mol. The van der Waals surface area contributed by atoms with E-state index in [4.69, 9.17) is 5.73 Å². The van der Waals surface area contributed by atoms with Crippen molar-refractivity contribution < 1.29 is 9.59 Å². The molecule has 2 atom stereocenters. The lowest BCUT2D eigenvalue weighted by Gasteiger charge is -2.29. The first-order valence-corrected chi connectivity index (χ1v) is 7.85. The van der Waals surface area contributed by atoms with Gasteiger partial charge >= 0.3 is 0 Å². The van der Waals surface area contributed by atoms with Crippen LogP contribution in [0.1, 0.15) is 25.8 Å². The number of nitrogens with two attached hydrogens (primary N) is 1. The van der Waals surface area contributed by atoms with Gasteiger partial charge in [-0.15, -0.1) is 0 Å². The molecule has 5 heteroatoms. The molecule has 1 aromatic carbocycles. The molecule has 0 bridgehead atoms. The average Bonchev–Trinajstić information content (AvgIpc) is 2.69. The van der Waals surface area contributed by atoms with Crippen LogP contribution in [-0.2, 0) is 16.0 Å². The molecule has 0 radical (unpaired) electrons. The van der Waals surface area contributed by atoms with Crippen molar-refractivity contribution >= 4 is 18.0 Å². The summed E-state index contributed by atoms with van der Waals surface area (Å²) in [6.45, 7) is 4.02. The van der Waals surface area contributed by atoms with Crippen LogP contribution in [0, 0.1) is 5.92 Å². The van der Waals surface area contributed by atoms with Gasteiger partial charge in [0.2, 0.25) is 5.91 Å². The highest BCUT2D eigenvalue weighted by atomic mass is 16.2. The lowest BCUT2D eigenvalue weighted by molar-refractivity contribution is -0.137. The maximum absolute atomic E-state index is 12.7. The summed E-state index contributed by atoms with van der Waals surface area (Å²) in [7, 11) is 0. The molecule has 0 saturated carbocycles. The Labute approximate surface area is 136 Å². The van der Waals surface area contributed by atoms with E-state index in [0.29, 0.717) is 12.8 Å². The van der Waals surface area contributed by atoms with E-state index in [1.807, 2.05) is 44.2 Å². The van der Waals surface area contributed by atoms with E-state index >= 15 is 0 Å². The molecule has 5 nitrogen and oxygen atoms in total. The van der Waals surface area contributed by atoms with Crippen LogP contribution in [0.3, 0.4) is 0 Å². The van der Waals surface area contributed by atoms with E-state index in [1.165, 1.54) is 11.1 Å². The molecule has 1 aromatic rings. The Balaban J connectivity index is 2.15. The van der Waals surface area contributed by atoms with Crippen LogP contribution in [0.2, 0.25) is 0 Å². The third-order valence-electron chi connectivity index (χ3n) is 3.72. The molecule has 0 unspecified atom stereocenters. The van der Waals surface area contributed by atoms with Gasteiger partial charge in [0.05, 0.1) is 6.04 Å². The lowest BCUT2D eigenvalue weighted by atomic mass is 10.00. The van der Waals surface area contributed by atoms with Crippen molar-refractivity contribution in [3.05, 3.63) is 48.2 Å². The highest BCUT2D eigenvalue weighted by Gasteiger charge is 2.32. The number of hydrogen-bond acceptors (Lipinski definition) is 3. The smallest absolute Gasteiger partial charge is 0.268 e. The molecule has 1 aliphatic rings. The van der Waals surface area contributed by atoms with Crippen LogP contribution in [0.25, 0.3) is 0 Å². The highest BCUT2D eigenvalue weighted by molar-refractivity contribution is 5.97. The van der Waals surface area contributed by atoms with Crippen molar-refractivity contribution in [3.63, 3.8) is 0 Å². The first-order valence-electron chi connectivity index (χ1n) is 7.85. The summed E-state index contributed by atoms with van der Waals surface area (Å²) in [6.07, 6.45) is 5.63. The van der Waals surface area contributed by atoms with Crippen molar-refractivity contribution in [2.45, 2.75) is 38.8 Å². The minimum atomic E-state index is -0.692. The second kappa shape index (κ2) is 7.83. The number of nitrogens with zero attached hydrogens (tertiary/aromatic N) is 2. The van der Waals surface area contributed by atoms with Crippen molar-refractivity contribution in [3.8, 4) is 0 Å². The Morgan fingerprint density at radius 1 is 1.30 bits per heavy atom. The molecular weight excluding hydrogens is 290 g/mol. The molecule has 122 valence electrons. The third kappa shape index (κ3) is 4.60. The molecule has 0 aromatic heterocycles. The molecule has 1 heterocycles. The van der Waals surface area contributed by atoms with Gasteiger partial charge in [-0.05, 0) is 30.4 Å². The lowest BCUT2D eigenvalue weighted by Crippen LogP contribution is -2.49. The summed E-state index contributed by atoms with van der Waals surface area (Å²) >= 11 is 0. The maximum Gasteiger partial charge on any atom is 0.268 e. The zero-order chi connectivity index (χ0) is 16.8. The van der Waals surface area contributed by atoms with Crippen LogP contribution in [-0.4, -0.2) is 35.0 Å². The number of amides is 2. The van der Waals surface area contributed by atoms with Crippen LogP contribution < -0.4 is 5.73 Å². The first-order chi connectivity index (χ1) is 11.0. The second-order valence-corrected chi connectivity index (χ2v) is 6.15. The van der Waals surface area contributed by atoms with Crippen molar-refractivity contribution in [1.29, 1.82) is 0 Å². The Hall–Kier alpha value is -2.27. The largest absolute Gasteiger partial charge is 0.320 e. The fourth-order valence-corrected chi connectivity index (χ4v) is 2.59. The zero-order valence-corrected chi connectivity index (χ0v) is 13.6. The molecule has 2 rings (SSSR count). The highest BCUT2D eigenvalue weighted by Crippen LogP contribution is 2.17. The van der Waals surface area contributed by atoms with Gasteiger partial charge in [0.15, 0.2) is 0 Å². The Morgan fingerprint density at radius 3 is 2.65 bits per heavy atom. The second-order valence-electron chi connectivity index (χ2n) is 6.15. The third-order valence-corrected chi connectivity index (χ3v) is 3.72. The topological polar surface area (TPSA) is 75.8 Å². The van der Waals surface area contributed by atoms with Crippen molar-refractivity contribution in [1.82, 2.24) is 4.90 Å². The minimum Gasteiger partial charge on any atom is -0.320 e. The molecule has 0 aliphatic carbocycles. The van der Waals surface area contributed by atoms with Gasteiger partial charge in [0.1, 0.15) is 6.04 Å². The number of carbonyl (C=O) groups excluding carboxylic acids is 2. The maximum atomic E-state index is 12.7. The van der Waals surface area contributed by atoms with Crippen LogP contribution in [0.4, 0.5) is 0 Å². The number of carbonyl (C=O) groups is 2. The normalized spacial score (nSPS) is 19.0. The zero-order valence-electron chi connectivity index (χ0n) is 13.6. The molecule has 1 aliphatic heterocycles. The molecule has 0 spiro atoms. The molecule has 2 N–H and O–H groups in total. The van der Waals surface area contributed by atoms with E-state index in [0.717, 1.165) is 5.56 Å². The fourth-order valence-electron chi connectivity index (χ4n) is 2.59. The van der Waals surface area contributed by atoms with Gasteiger partial charge in [0.25, 0.3) is 5.91 Å². The van der Waals surface area contributed by atoms with E-state index < -0.39 is 12.1 Å². The summed E-state index contributed by atoms with van der Waals surface area (Å²) in [5.74, 6) is -0.287. The number of hydrogen-bond donors (Lipinski definition) is 1. The quantitative estimate of drug-likeness (QED) is 0.902. The SMILES string of the molecule is CC(C)C[C@H]1C(=O)N=CC=CN1C(=O)[C@@H](N)Cc1ccccc1. The van der Waals surface area contributed by atoms with Gasteiger partial charge in [0, 0.05) is 12.4 Å². The number of allylic oxidation sites excluding steroid dienone is 1. The van der Waals surface area contributed by atoms with Crippen molar-refractivity contribution in [2.24, 2.45) is 16.6 Å². The molecule has 2 amide bonds.